The van der Waals surface area contributed by atoms with Gasteiger partial charge in [0.05, 0.1) is 0 Å². The molecule has 29 heavy (non-hydrogen) atoms. The van der Waals surface area contributed by atoms with Crippen molar-refractivity contribution >= 4 is 17.5 Å². The number of nitrogens with zero attached hydrogens (tertiary/aromatic N) is 1. The lowest BCUT2D eigenvalue weighted by atomic mass is 10.1. The van der Waals surface area contributed by atoms with Crippen molar-refractivity contribution in [2.24, 2.45) is 0 Å². The SMILES string of the molecule is Cc1ccccc1C(=O)Nc1ccc(-n2cccc(C(=O)NC(C)C)c2=O)cc1. The maximum absolute atomic E-state index is 12.7. The summed E-state index contributed by atoms with van der Waals surface area (Å²) in [6, 6.07) is 17.3. The molecule has 3 aromatic rings. The highest BCUT2D eigenvalue weighted by molar-refractivity contribution is 6.05. The zero-order chi connectivity index (χ0) is 21.0. The third kappa shape index (κ3) is 4.60. The van der Waals surface area contributed by atoms with Crippen molar-refractivity contribution < 1.29 is 9.59 Å². The number of hydrogen-bond acceptors (Lipinski definition) is 3. The van der Waals surface area contributed by atoms with Crippen LogP contribution in [0, 0.1) is 6.92 Å². The lowest BCUT2D eigenvalue weighted by Crippen LogP contribution is -2.35. The van der Waals surface area contributed by atoms with Crippen molar-refractivity contribution in [3.8, 4) is 5.69 Å². The largest absolute Gasteiger partial charge is 0.350 e. The zero-order valence-corrected chi connectivity index (χ0v) is 16.6. The normalized spacial score (nSPS) is 10.6. The Morgan fingerprint density at radius 2 is 1.52 bits per heavy atom. The van der Waals surface area contributed by atoms with E-state index in [4.69, 9.17) is 0 Å². The quantitative estimate of drug-likeness (QED) is 0.700. The number of rotatable bonds is 5. The Bertz CT molecular complexity index is 1100. The summed E-state index contributed by atoms with van der Waals surface area (Å²) in [4.78, 5) is 37.4. The molecular weight excluding hydrogens is 366 g/mol. The van der Waals surface area contributed by atoms with Crippen molar-refractivity contribution in [1.82, 2.24) is 9.88 Å². The Hall–Kier alpha value is -3.67. The van der Waals surface area contributed by atoms with Crippen molar-refractivity contribution in [3.63, 3.8) is 0 Å². The predicted molar refractivity (Wildman–Crippen MR) is 114 cm³/mol. The number of carbonyl (C=O) groups excluding carboxylic acids is 2. The van der Waals surface area contributed by atoms with Crippen LogP contribution in [0.25, 0.3) is 5.69 Å². The van der Waals surface area contributed by atoms with E-state index in [1.807, 2.05) is 39.0 Å². The van der Waals surface area contributed by atoms with Crippen molar-refractivity contribution in [2.45, 2.75) is 26.8 Å². The van der Waals surface area contributed by atoms with Gasteiger partial charge in [-0.05, 0) is 68.8 Å². The molecule has 0 aliphatic carbocycles. The molecule has 0 fully saturated rings. The molecule has 0 unspecified atom stereocenters. The molecule has 0 saturated heterocycles. The molecule has 2 amide bonds. The van der Waals surface area contributed by atoms with E-state index in [0.717, 1.165) is 5.56 Å². The molecule has 1 heterocycles. The molecule has 148 valence electrons. The second-order valence-corrected chi connectivity index (χ2v) is 7.04. The molecular formula is C23H23N3O3. The molecule has 0 aliphatic heterocycles. The van der Waals surface area contributed by atoms with Gasteiger partial charge >= 0.3 is 0 Å². The average molecular weight is 389 g/mol. The first-order chi connectivity index (χ1) is 13.9. The maximum Gasteiger partial charge on any atom is 0.267 e. The highest BCUT2D eigenvalue weighted by atomic mass is 16.2. The highest BCUT2D eigenvalue weighted by Gasteiger charge is 2.14. The van der Waals surface area contributed by atoms with Gasteiger partial charge in [0.2, 0.25) is 0 Å². The molecule has 1 aromatic heterocycles. The van der Waals surface area contributed by atoms with E-state index in [1.54, 1.807) is 42.6 Å². The third-order valence-electron chi connectivity index (χ3n) is 4.40. The van der Waals surface area contributed by atoms with Crippen LogP contribution < -0.4 is 16.2 Å². The average Bonchev–Trinajstić information content (AvgIpc) is 2.68. The minimum atomic E-state index is -0.401. The minimum absolute atomic E-state index is 0.0632. The van der Waals surface area contributed by atoms with Gasteiger partial charge in [-0.2, -0.15) is 0 Å². The fraction of sp³-hybridized carbons (Fsp3) is 0.174. The van der Waals surface area contributed by atoms with Gasteiger partial charge in [-0.15, -0.1) is 0 Å². The summed E-state index contributed by atoms with van der Waals surface area (Å²) in [6.07, 6.45) is 1.61. The first-order valence-corrected chi connectivity index (χ1v) is 9.37. The van der Waals surface area contributed by atoms with Gasteiger partial charge in [0, 0.05) is 29.2 Å². The molecule has 6 nitrogen and oxygen atoms in total. The van der Waals surface area contributed by atoms with E-state index in [2.05, 4.69) is 10.6 Å². The van der Waals surface area contributed by atoms with Crippen LogP contribution in [0.4, 0.5) is 5.69 Å². The second-order valence-electron chi connectivity index (χ2n) is 7.04. The smallest absolute Gasteiger partial charge is 0.267 e. The Kier molecular flexibility index (Phi) is 5.93. The monoisotopic (exact) mass is 389 g/mol. The summed E-state index contributed by atoms with van der Waals surface area (Å²) < 4.78 is 1.40. The summed E-state index contributed by atoms with van der Waals surface area (Å²) in [5.41, 5.74) is 2.40. The molecule has 0 radical (unpaired) electrons. The number of anilines is 1. The summed E-state index contributed by atoms with van der Waals surface area (Å²) in [5, 5.41) is 5.58. The Balaban J connectivity index is 1.82. The van der Waals surface area contributed by atoms with E-state index < -0.39 is 11.5 Å². The summed E-state index contributed by atoms with van der Waals surface area (Å²) in [7, 11) is 0. The number of hydrogen-bond donors (Lipinski definition) is 2. The summed E-state index contributed by atoms with van der Waals surface area (Å²) in [5.74, 6) is -0.596. The number of carbonyl (C=O) groups is 2. The summed E-state index contributed by atoms with van der Waals surface area (Å²) in [6.45, 7) is 5.56. The fourth-order valence-electron chi connectivity index (χ4n) is 2.94. The molecule has 0 bridgehead atoms. The van der Waals surface area contributed by atoms with Crippen molar-refractivity contribution in [3.05, 3.63) is 93.9 Å². The van der Waals surface area contributed by atoms with Gasteiger partial charge in [-0.3, -0.25) is 19.0 Å². The van der Waals surface area contributed by atoms with Crippen LogP contribution in [0.2, 0.25) is 0 Å². The van der Waals surface area contributed by atoms with Gasteiger partial charge in [0.15, 0.2) is 0 Å². The molecule has 0 saturated carbocycles. The first kappa shape index (κ1) is 20.1. The topological polar surface area (TPSA) is 80.2 Å². The molecule has 2 N–H and O–H groups in total. The molecule has 2 aromatic carbocycles. The molecule has 0 spiro atoms. The van der Waals surface area contributed by atoms with Crippen LogP contribution in [0.1, 0.15) is 40.1 Å². The molecule has 6 heteroatoms. The zero-order valence-electron chi connectivity index (χ0n) is 16.6. The van der Waals surface area contributed by atoms with E-state index in [0.29, 0.717) is 16.9 Å². The minimum Gasteiger partial charge on any atom is -0.350 e. The number of aryl methyl sites for hydroxylation is 1. The first-order valence-electron chi connectivity index (χ1n) is 9.37. The third-order valence-corrected chi connectivity index (χ3v) is 4.40. The highest BCUT2D eigenvalue weighted by Crippen LogP contribution is 2.15. The number of amides is 2. The van der Waals surface area contributed by atoms with Crippen LogP contribution >= 0.6 is 0 Å². The van der Waals surface area contributed by atoms with Crippen LogP contribution in [-0.4, -0.2) is 22.4 Å². The molecule has 3 rings (SSSR count). The van der Waals surface area contributed by atoms with Gasteiger partial charge in [0.1, 0.15) is 5.56 Å². The van der Waals surface area contributed by atoms with Crippen molar-refractivity contribution in [1.29, 1.82) is 0 Å². The standard InChI is InChI=1S/C23H23N3O3/c1-15(2)24-22(28)20-9-6-14-26(23(20)29)18-12-10-17(11-13-18)25-21(27)19-8-5-4-7-16(19)3/h4-15H,1-3H3,(H,24,28)(H,25,27). The van der Waals surface area contributed by atoms with E-state index in [1.165, 1.54) is 10.6 Å². The second kappa shape index (κ2) is 8.56. The van der Waals surface area contributed by atoms with Crippen LogP contribution in [0.15, 0.2) is 71.7 Å². The molecule has 0 aliphatic rings. The number of aromatic nitrogens is 1. The Morgan fingerprint density at radius 3 is 2.17 bits per heavy atom. The summed E-state index contributed by atoms with van der Waals surface area (Å²) >= 11 is 0. The van der Waals surface area contributed by atoms with Gasteiger partial charge in [0.25, 0.3) is 17.4 Å². The van der Waals surface area contributed by atoms with Gasteiger partial charge in [-0.1, -0.05) is 18.2 Å². The van der Waals surface area contributed by atoms with Crippen LogP contribution in [0.3, 0.4) is 0 Å². The van der Waals surface area contributed by atoms with Gasteiger partial charge in [-0.25, -0.2) is 0 Å². The van der Waals surface area contributed by atoms with Crippen LogP contribution in [-0.2, 0) is 0 Å². The predicted octanol–water partition coefficient (Wildman–Crippen LogP) is 3.54. The number of nitrogens with one attached hydrogen (secondary N) is 2. The fourth-order valence-corrected chi connectivity index (χ4v) is 2.94. The van der Waals surface area contributed by atoms with E-state index >= 15 is 0 Å². The van der Waals surface area contributed by atoms with Crippen LogP contribution in [0.5, 0.6) is 0 Å². The van der Waals surface area contributed by atoms with E-state index in [-0.39, 0.29) is 17.5 Å². The Labute approximate surface area is 169 Å². The van der Waals surface area contributed by atoms with Crippen molar-refractivity contribution in [2.75, 3.05) is 5.32 Å². The number of pyridine rings is 1. The lowest BCUT2D eigenvalue weighted by molar-refractivity contribution is 0.0940. The van der Waals surface area contributed by atoms with E-state index in [9.17, 15) is 14.4 Å². The van der Waals surface area contributed by atoms with Gasteiger partial charge < -0.3 is 10.6 Å². The lowest BCUT2D eigenvalue weighted by Gasteiger charge is -2.11. The molecule has 0 atom stereocenters. The number of benzene rings is 2. The Morgan fingerprint density at radius 1 is 0.862 bits per heavy atom. The maximum atomic E-state index is 12.7.